The van der Waals surface area contributed by atoms with E-state index in [4.69, 9.17) is 10.4 Å². The number of carboxylic acid groups (broad SMARTS) is 1. The Morgan fingerprint density at radius 2 is 1.89 bits per heavy atom. The van der Waals surface area contributed by atoms with Gasteiger partial charge in [0, 0.05) is 18.1 Å². The van der Waals surface area contributed by atoms with Crippen LogP contribution in [-0.2, 0) is 4.79 Å². The molecule has 5 nitrogen and oxygen atoms in total. The van der Waals surface area contributed by atoms with Gasteiger partial charge in [0.05, 0.1) is 6.07 Å². The lowest BCUT2D eigenvalue weighted by molar-refractivity contribution is -0.139. The molecule has 0 bridgehead atoms. The SMILES string of the molecule is N#CCC[C@@H](NC(=O)c1cc(F)cc(F)c1)C(=O)O. The summed E-state index contributed by atoms with van der Waals surface area (Å²) in [6.07, 6.45) is -0.149. The number of aliphatic carboxylic acids is 1. The van der Waals surface area contributed by atoms with Gasteiger partial charge in [-0.15, -0.1) is 0 Å². The van der Waals surface area contributed by atoms with Crippen LogP contribution in [0.2, 0.25) is 0 Å². The predicted molar refractivity (Wildman–Crippen MR) is 60.1 cm³/mol. The molecule has 2 N–H and O–H groups in total. The maximum absolute atomic E-state index is 12.9. The summed E-state index contributed by atoms with van der Waals surface area (Å²) in [6.45, 7) is 0. The first-order chi connectivity index (χ1) is 8.93. The molecule has 0 aromatic heterocycles. The van der Waals surface area contributed by atoms with Crippen molar-refractivity contribution in [1.29, 1.82) is 5.26 Å². The van der Waals surface area contributed by atoms with Gasteiger partial charge in [-0.25, -0.2) is 13.6 Å². The molecular formula is C12H10F2N2O3. The number of hydrogen-bond acceptors (Lipinski definition) is 3. The van der Waals surface area contributed by atoms with Crippen molar-refractivity contribution in [1.82, 2.24) is 5.32 Å². The highest BCUT2D eigenvalue weighted by atomic mass is 19.1. The van der Waals surface area contributed by atoms with Crippen molar-refractivity contribution in [3.05, 3.63) is 35.4 Å². The number of rotatable bonds is 5. The van der Waals surface area contributed by atoms with Gasteiger partial charge in [0.1, 0.15) is 17.7 Å². The first-order valence-electron chi connectivity index (χ1n) is 5.30. The molecule has 0 spiro atoms. The molecule has 0 aliphatic heterocycles. The molecule has 0 heterocycles. The zero-order valence-electron chi connectivity index (χ0n) is 9.69. The lowest BCUT2D eigenvalue weighted by Gasteiger charge is -2.13. The molecule has 19 heavy (non-hydrogen) atoms. The Balaban J connectivity index is 2.82. The van der Waals surface area contributed by atoms with E-state index in [1.807, 2.05) is 0 Å². The third kappa shape index (κ3) is 4.35. The number of nitriles is 1. The van der Waals surface area contributed by atoms with Crippen molar-refractivity contribution in [3.8, 4) is 6.07 Å². The van der Waals surface area contributed by atoms with Crippen LogP contribution in [0.25, 0.3) is 0 Å². The molecule has 1 rings (SSSR count). The molecular weight excluding hydrogens is 258 g/mol. The molecule has 0 saturated heterocycles. The highest BCUT2D eigenvalue weighted by Gasteiger charge is 2.20. The number of carbonyl (C=O) groups is 2. The quantitative estimate of drug-likeness (QED) is 0.845. The summed E-state index contributed by atoms with van der Waals surface area (Å²) in [5, 5.41) is 19.3. The van der Waals surface area contributed by atoms with Crippen molar-refractivity contribution >= 4 is 11.9 Å². The summed E-state index contributed by atoms with van der Waals surface area (Å²) in [5.41, 5.74) is -0.319. The molecule has 1 amide bonds. The van der Waals surface area contributed by atoms with Crippen LogP contribution in [0.5, 0.6) is 0 Å². The number of amides is 1. The molecule has 1 atom stereocenters. The second-order valence-corrected chi connectivity index (χ2v) is 3.72. The number of hydrogen-bond donors (Lipinski definition) is 2. The van der Waals surface area contributed by atoms with Crippen LogP contribution in [0, 0.1) is 23.0 Å². The minimum absolute atomic E-state index is 0.0608. The number of halogens is 2. The smallest absolute Gasteiger partial charge is 0.326 e. The van der Waals surface area contributed by atoms with Crippen LogP contribution in [0.1, 0.15) is 23.2 Å². The molecule has 7 heteroatoms. The van der Waals surface area contributed by atoms with Gasteiger partial charge in [-0.2, -0.15) is 5.26 Å². The van der Waals surface area contributed by atoms with E-state index in [0.29, 0.717) is 6.07 Å². The second kappa shape index (κ2) is 6.44. The normalized spacial score (nSPS) is 11.4. The molecule has 0 aliphatic rings. The molecule has 0 radical (unpaired) electrons. The summed E-state index contributed by atoms with van der Waals surface area (Å²) >= 11 is 0. The fourth-order valence-electron chi connectivity index (χ4n) is 1.39. The maximum Gasteiger partial charge on any atom is 0.326 e. The van der Waals surface area contributed by atoms with Crippen molar-refractivity contribution in [2.45, 2.75) is 18.9 Å². The van der Waals surface area contributed by atoms with E-state index in [2.05, 4.69) is 5.32 Å². The third-order valence-electron chi connectivity index (χ3n) is 2.27. The topological polar surface area (TPSA) is 90.2 Å². The summed E-state index contributed by atoms with van der Waals surface area (Å²) in [7, 11) is 0. The number of carboxylic acids is 1. The van der Waals surface area contributed by atoms with Gasteiger partial charge in [-0.3, -0.25) is 4.79 Å². The van der Waals surface area contributed by atoms with E-state index in [0.717, 1.165) is 12.1 Å². The lowest BCUT2D eigenvalue weighted by Crippen LogP contribution is -2.40. The van der Waals surface area contributed by atoms with E-state index < -0.39 is 29.6 Å². The highest BCUT2D eigenvalue weighted by molar-refractivity contribution is 5.96. The zero-order valence-corrected chi connectivity index (χ0v) is 9.69. The molecule has 100 valence electrons. The van der Waals surface area contributed by atoms with Gasteiger partial charge in [0.25, 0.3) is 5.91 Å². The monoisotopic (exact) mass is 268 g/mol. The Bertz CT molecular complexity index is 520. The second-order valence-electron chi connectivity index (χ2n) is 3.72. The Morgan fingerprint density at radius 3 is 2.37 bits per heavy atom. The largest absolute Gasteiger partial charge is 0.480 e. The van der Waals surface area contributed by atoms with Gasteiger partial charge < -0.3 is 10.4 Å². The minimum atomic E-state index is -1.32. The third-order valence-corrected chi connectivity index (χ3v) is 2.27. The van der Waals surface area contributed by atoms with Crippen molar-refractivity contribution in [3.63, 3.8) is 0 Å². The van der Waals surface area contributed by atoms with Crippen LogP contribution in [0.4, 0.5) is 8.78 Å². The molecule has 1 aromatic carbocycles. The lowest BCUT2D eigenvalue weighted by atomic mass is 10.1. The summed E-state index contributed by atoms with van der Waals surface area (Å²) in [4.78, 5) is 22.5. The van der Waals surface area contributed by atoms with Gasteiger partial charge in [-0.05, 0) is 18.6 Å². The fourth-order valence-corrected chi connectivity index (χ4v) is 1.39. The summed E-state index contributed by atoms with van der Waals surface area (Å²) in [6, 6.07) is 2.66. The van der Waals surface area contributed by atoms with Crippen LogP contribution in [0.15, 0.2) is 18.2 Å². The minimum Gasteiger partial charge on any atom is -0.480 e. The predicted octanol–water partition coefficient (Wildman–Crippen LogP) is 1.45. The van der Waals surface area contributed by atoms with Gasteiger partial charge >= 0.3 is 5.97 Å². The van der Waals surface area contributed by atoms with Gasteiger partial charge in [0.15, 0.2) is 0 Å². The summed E-state index contributed by atoms with van der Waals surface area (Å²) < 4.78 is 25.8. The van der Waals surface area contributed by atoms with Crippen molar-refractivity contribution < 1.29 is 23.5 Å². The van der Waals surface area contributed by atoms with Crippen LogP contribution in [0.3, 0.4) is 0 Å². The molecule has 0 aliphatic carbocycles. The number of benzene rings is 1. The van der Waals surface area contributed by atoms with Crippen LogP contribution in [-0.4, -0.2) is 23.0 Å². The first-order valence-corrected chi connectivity index (χ1v) is 5.30. The summed E-state index contributed by atoms with van der Waals surface area (Å²) in [5.74, 6) is -4.10. The van der Waals surface area contributed by atoms with Gasteiger partial charge in [-0.1, -0.05) is 0 Å². The molecule has 0 fully saturated rings. The maximum atomic E-state index is 12.9. The van der Waals surface area contributed by atoms with Crippen molar-refractivity contribution in [2.75, 3.05) is 0 Å². The van der Waals surface area contributed by atoms with Crippen LogP contribution < -0.4 is 5.32 Å². The van der Waals surface area contributed by atoms with E-state index in [9.17, 15) is 18.4 Å². The average Bonchev–Trinajstić information content (AvgIpc) is 2.32. The van der Waals surface area contributed by atoms with E-state index in [1.165, 1.54) is 0 Å². The fraction of sp³-hybridized carbons (Fsp3) is 0.250. The Kier molecular flexibility index (Phi) is 4.94. The highest BCUT2D eigenvalue weighted by Crippen LogP contribution is 2.08. The van der Waals surface area contributed by atoms with Crippen LogP contribution >= 0.6 is 0 Å². The van der Waals surface area contributed by atoms with E-state index in [-0.39, 0.29) is 18.4 Å². The Hall–Kier alpha value is -2.49. The van der Waals surface area contributed by atoms with E-state index >= 15 is 0 Å². The number of nitrogens with zero attached hydrogens (tertiary/aromatic N) is 1. The Morgan fingerprint density at radius 1 is 1.32 bits per heavy atom. The molecule has 0 saturated carbocycles. The Labute approximate surface area is 107 Å². The van der Waals surface area contributed by atoms with Crippen molar-refractivity contribution in [2.24, 2.45) is 0 Å². The zero-order chi connectivity index (χ0) is 14.4. The molecule has 1 aromatic rings. The number of nitrogens with one attached hydrogen (secondary N) is 1. The standard InChI is InChI=1S/C12H10F2N2O3/c13-8-4-7(5-9(14)6-8)11(17)16-10(12(18)19)2-1-3-15/h4-6,10H,1-2H2,(H,16,17)(H,18,19)/t10-/m1/s1. The molecule has 0 unspecified atom stereocenters. The number of carbonyl (C=O) groups excluding carboxylic acids is 1. The van der Waals surface area contributed by atoms with E-state index in [1.54, 1.807) is 6.07 Å². The van der Waals surface area contributed by atoms with Gasteiger partial charge in [0.2, 0.25) is 0 Å². The first kappa shape index (κ1) is 14.6. The average molecular weight is 268 g/mol.